The summed E-state index contributed by atoms with van der Waals surface area (Å²) in [5.41, 5.74) is 9.01. The van der Waals surface area contributed by atoms with Crippen LogP contribution in [-0.4, -0.2) is 25.1 Å². The molecule has 0 atom stereocenters. The van der Waals surface area contributed by atoms with Gasteiger partial charge in [0.25, 0.3) is 0 Å². The van der Waals surface area contributed by atoms with E-state index in [0.717, 1.165) is 11.1 Å². The van der Waals surface area contributed by atoms with Gasteiger partial charge in [0.2, 0.25) is 0 Å². The van der Waals surface area contributed by atoms with Gasteiger partial charge in [-0.05, 0) is 12.1 Å². The van der Waals surface area contributed by atoms with Gasteiger partial charge in [0.05, 0.1) is 11.9 Å². The number of nitrogens with zero attached hydrogens (tertiary/aromatic N) is 4. The zero-order valence-corrected chi connectivity index (χ0v) is 12.6. The number of benzene rings is 2. The molecule has 3 N–H and O–H groups in total. The molecule has 2 aromatic heterocycles. The van der Waals surface area contributed by atoms with Crippen molar-refractivity contribution in [2.75, 3.05) is 5.73 Å². The molecule has 0 unspecified atom stereocenters. The van der Waals surface area contributed by atoms with Crippen molar-refractivity contribution >= 4 is 5.82 Å². The number of hydrogen-bond acceptors (Lipinski definition) is 5. The lowest BCUT2D eigenvalue weighted by Gasteiger charge is -2.04. The van der Waals surface area contributed by atoms with E-state index in [0.29, 0.717) is 28.9 Å². The van der Waals surface area contributed by atoms with Crippen molar-refractivity contribution in [2.24, 2.45) is 0 Å². The Hall–Kier alpha value is -3.54. The first-order chi connectivity index (χ1) is 11.8. The number of rotatable bonds is 3. The predicted molar refractivity (Wildman–Crippen MR) is 91.5 cm³/mol. The van der Waals surface area contributed by atoms with Crippen LogP contribution < -0.4 is 5.73 Å². The number of aromatic amines is 1. The van der Waals surface area contributed by atoms with Crippen LogP contribution in [0.25, 0.3) is 34.2 Å². The van der Waals surface area contributed by atoms with Crippen LogP contribution >= 0.6 is 0 Å². The van der Waals surface area contributed by atoms with E-state index in [9.17, 15) is 0 Å². The fourth-order valence-electron chi connectivity index (χ4n) is 2.36. The Balaban J connectivity index is 1.76. The van der Waals surface area contributed by atoms with Crippen LogP contribution in [0.15, 0.2) is 60.8 Å². The third kappa shape index (κ3) is 2.61. The van der Waals surface area contributed by atoms with Crippen molar-refractivity contribution in [3.63, 3.8) is 0 Å². The lowest BCUT2D eigenvalue weighted by molar-refractivity contribution is 1.08. The fraction of sp³-hybridized carbons (Fsp3) is 0. The Bertz CT molecular complexity index is 963. The van der Waals surface area contributed by atoms with Crippen LogP contribution in [0.3, 0.4) is 0 Å². The minimum atomic E-state index is 0.300. The van der Waals surface area contributed by atoms with Crippen LogP contribution in [0, 0.1) is 6.07 Å². The normalized spacial score (nSPS) is 10.7. The Morgan fingerprint density at radius 1 is 0.917 bits per heavy atom. The summed E-state index contributed by atoms with van der Waals surface area (Å²) in [6.07, 6.45) is 1.64. The molecule has 24 heavy (non-hydrogen) atoms. The van der Waals surface area contributed by atoms with Gasteiger partial charge in [-0.3, -0.25) is 0 Å². The molecule has 0 aliphatic carbocycles. The molecule has 0 amide bonds. The molecule has 0 fully saturated rings. The second-order valence-electron chi connectivity index (χ2n) is 5.17. The van der Waals surface area contributed by atoms with E-state index in [1.54, 1.807) is 6.20 Å². The molecule has 0 aliphatic rings. The fourth-order valence-corrected chi connectivity index (χ4v) is 2.36. The molecule has 0 aliphatic heterocycles. The first-order valence-corrected chi connectivity index (χ1v) is 7.39. The molecule has 4 rings (SSSR count). The highest BCUT2D eigenvalue weighted by Gasteiger charge is 2.14. The maximum Gasteiger partial charge on any atom is 0.184 e. The van der Waals surface area contributed by atoms with E-state index in [4.69, 9.17) is 5.73 Å². The van der Waals surface area contributed by atoms with E-state index in [-0.39, 0.29) is 0 Å². The molecule has 0 saturated heterocycles. The average molecular weight is 313 g/mol. The molecular weight excluding hydrogens is 300 g/mol. The zero-order chi connectivity index (χ0) is 16.4. The highest BCUT2D eigenvalue weighted by atomic mass is 15.2. The van der Waals surface area contributed by atoms with Crippen molar-refractivity contribution < 1.29 is 0 Å². The van der Waals surface area contributed by atoms with Gasteiger partial charge in [0, 0.05) is 11.1 Å². The number of hydrogen-bond donors (Lipinski definition) is 2. The number of nitrogen functional groups attached to an aromatic ring is 1. The average Bonchev–Trinajstić information content (AvgIpc) is 3.13. The van der Waals surface area contributed by atoms with Crippen LogP contribution in [0.5, 0.6) is 0 Å². The Labute approximate surface area is 138 Å². The number of nitrogens with two attached hydrogens (primary N) is 1. The summed E-state index contributed by atoms with van der Waals surface area (Å²) in [6, 6.07) is 20.3. The minimum Gasteiger partial charge on any atom is -0.382 e. The quantitative estimate of drug-likeness (QED) is 0.606. The van der Waals surface area contributed by atoms with Crippen molar-refractivity contribution in [1.82, 2.24) is 25.1 Å². The standard InChI is InChI=1S/C18H13N6/c19-16-15(21-14(11-20-16)12-7-3-1-4-8-12)18-22-17(23-24-18)13-9-5-2-6-10-13/h1-3,5-11H,(H2,19,20)(H,22,23,24). The van der Waals surface area contributed by atoms with Crippen LogP contribution in [0.4, 0.5) is 5.82 Å². The summed E-state index contributed by atoms with van der Waals surface area (Å²) in [5, 5.41) is 8.33. The smallest absolute Gasteiger partial charge is 0.184 e. The third-order valence-corrected chi connectivity index (χ3v) is 3.56. The lowest BCUT2D eigenvalue weighted by atomic mass is 10.1. The summed E-state index contributed by atoms with van der Waals surface area (Å²) in [7, 11) is 0. The largest absolute Gasteiger partial charge is 0.382 e. The summed E-state index contributed by atoms with van der Waals surface area (Å²) in [5.74, 6) is 1.44. The zero-order valence-electron chi connectivity index (χ0n) is 12.6. The lowest BCUT2D eigenvalue weighted by Crippen LogP contribution is -2.00. The predicted octanol–water partition coefficient (Wildman–Crippen LogP) is 2.98. The van der Waals surface area contributed by atoms with Gasteiger partial charge in [0.15, 0.2) is 23.2 Å². The Morgan fingerprint density at radius 3 is 2.50 bits per heavy atom. The van der Waals surface area contributed by atoms with Gasteiger partial charge in [-0.25, -0.2) is 9.97 Å². The molecule has 6 heteroatoms. The molecule has 1 radical (unpaired) electrons. The molecule has 115 valence electrons. The Morgan fingerprint density at radius 2 is 1.71 bits per heavy atom. The van der Waals surface area contributed by atoms with Crippen LogP contribution in [0.2, 0.25) is 0 Å². The molecule has 0 bridgehead atoms. The third-order valence-electron chi connectivity index (χ3n) is 3.56. The van der Waals surface area contributed by atoms with E-state index >= 15 is 0 Å². The maximum absolute atomic E-state index is 5.98. The summed E-state index contributed by atoms with van der Waals surface area (Å²) < 4.78 is 0. The SMILES string of the molecule is Nc1ncc(-c2c[c]ccc2)nc1-c1nnc(-c2ccccc2)[nH]1. The summed E-state index contributed by atoms with van der Waals surface area (Å²) in [4.78, 5) is 12.0. The van der Waals surface area contributed by atoms with Crippen molar-refractivity contribution in [3.05, 3.63) is 66.9 Å². The molecule has 6 nitrogen and oxygen atoms in total. The second-order valence-corrected chi connectivity index (χ2v) is 5.17. The minimum absolute atomic E-state index is 0.300. The van der Waals surface area contributed by atoms with Gasteiger partial charge < -0.3 is 10.7 Å². The van der Waals surface area contributed by atoms with Gasteiger partial charge in [-0.15, -0.1) is 10.2 Å². The van der Waals surface area contributed by atoms with Crippen molar-refractivity contribution in [1.29, 1.82) is 0 Å². The highest BCUT2D eigenvalue weighted by Crippen LogP contribution is 2.25. The molecule has 2 heterocycles. The molecule has 0 saturated carbocycles. The van der Waals surface area contributed by atoms with E-state index in [1.807, 2.05) is 54.6 Å². The van der Waals surface area contributed by atoms with Gasteiger partial charge in [-0.1, -0.05) is 48.5 Å². The van der Waals surface area contributed by atoms with Gasteiger partial charge in [0.1, 0.15) is 0 Å². The van der Waals surface area contributed by atoms with E-state index < -0.39 is 0 Å². The maximum atomic E-state index is 5.98. The van der Waals surface area contributed by atoms with Gasteiger partial charge >= 0.3 is 0 Å². The summed E-state index contributed by atoms with van der Waals surface area (Å²) in [6.45, 7) is 0. The Kier molecular flexibility index (Phi) is 3.47. The highest BCUT2D eigenvalue weighted by molar-refractivity contribution is 5.70. The monoisotopic (exact) mass is 313 g/mol. The van der Waals surface area contributed by atoms with Gasteiger partial charge in [-0.2, -0.15) is 0 Å². The van der Waals surface area contributed by atoms with Crippen LogP contribution in [0.1, 0.15) is 0 Å². The first kappa shape index (κ1) is 14.1. The van der Waals surface area contributed by atoms with Crippen molar-refractivity contribution in [3.8, 4) is 34.2 Å². The second kappa shape index (κ2) is 5.92. The topological polar surface area (TPSA) is 93.4 Å². The summed E-state index contributed by atoms with van der Waals surface area (Å²) >= 11 is 0. The molecule has 2 aromatic carbocycles. The van der Waals surface area contributed by atoms with Crippen molar-refractivity contribution in [2.45, 2.75) is 0 Å². The number of anilines is 1. The molecule has 0 spiro atoms. The van der Waals surface area contributed by atoms with Crippen LogP contribution in [-0.2, 0) is 0 Å². The molecule has 4 aromatic rings. The van der Waals surface area contributed by atoms with E-state index in [2.05, 4.69) is 31.2 Å². The number of H-pyrrole nitrogens is 1. The molecular formula is C18H13N6. The van der Waals surface area contributed by atoms with E-state index in [1.165, 1.54) is 0 Å². The number of nitrogens with one attached hydrogen (secondary N) is 1. The number of aromatic nitrogens is 5. The first-order valence-electron chi connectivity index (χ1n) is 7.39.